The second kappa shape index (κ2) is 5.93. The average Bonchev–Trinajstić information content (AvgIpc) is 1.94. The average molecular weight is 209 g/mol. The van der Waals surface area contributed by atoms with Crippen molar-refractivity contribution in [2.24, 2.45) is 0 Å². The smallest absolute Gasteiger partial charge is 0.235 e. The number of carbonyl (C=O) groups is 1. The number of aliphatic hydroxyl groups is 1. The maximum atomic E-state index is 10.9. The lowest BCUT2D eigenvalue weighted by Crippen LogP contribution is -2.30. The van der Waals surface area contributed by atoms with Gasteiger partial charge in [-0.15, -0.1) is 0 Å². The summed E-state index contributed by atoms with van der Waals surface area (Å²) in [5.74, 6) is -0.952. The van der Waals surface area contributed by atoms with Crippen molar-refractivity contribution in [2.45, 2.75) is 12.8 Å². The molecule has 0 saturated heterocycles. The quantitative estimate of drug-likeness (QED) is 0.545. The van der Waals surface area contributed by atoms with Crippen molar-refractivity contribution in [3.05, 3.63) is 0 Å². The van der Waals surface area contributed by atoms with Gasteiger partial charge in [0.2, 0.25) is 5.91 Å². The summed E-state index contributed by atoms with van der Waals surface area (Å²) in [6, 6.07) is 0. The van der Waals surface area contributed by atoms with Crippen LogP contribution in [0.25, 0.3) is 0 Å². The summed E-state index contributed by atoms with van der Waals surface area (Å²) in [4.78, 5) is 10.9. The first-order valence-corrected chi connectivity index (χ1v) is 6.07. The molecular weight excluding hydrogens is 194 g/mol. The fraction of sp³-hybridized carbons (Fsp3) is 0.857. The monoisotopic (exact) mass is 209 g/mol. The zero-order valence-electron chi connectivity index (χ0n) is 7.62. The van der Waals surface area contributed by atoms with E-state index in [1.54, 1.807) is 0 Å². The van der Waals surface area contributed by atoms with Gasteiger partial charge in [-0.25, -0.2) is 8.42 Å². The zero-order valence-corrected chi connectivity index (χ0v) is 8.43. The molecule has 0 unspecified atom stereocenters. The molecule has 6 heteroatoms. The van der Waals surface area contributed by atoms with E-state index < -0.39 is 21.5 Å². The van der Waals surface area contributed by atoms with Crippen molar-refractivity contribution >= 4 is 15.7 Å². The number of hydrogen-bond acceptors (Lipinski definition) is 4. The molecule has 13 heavy (non-hydrogen) atoms. The molecule has 0 aromatic carbocycles. The lowest BCUT2D eigenvalue weighted by atomic mass is 10.3. The van der Waals surface area contributed by atoms with Gasteiger partial charge in [0.25, 0.3) is 0 Å². The lowest BCUT2D eigenvalue weighted by Gasteiger charge is -2.02. The highest BCUT2D eigenvalue weighted by Gasteiger charge is 2.09. The van der Waals surface area contributed by atoms with E-state index in [1.165, 1.54) is 0 Å². The Kier molecular flexibility index (Phi) is 5.65. The Hall–Kier alpha value is -0.620. The maximum Gasteiger partial charge on any atom is 0.235 e. The molecular formula is C7H15NO4S. The Labute approximate surface area is 78.1 Å². The molecule has 78 valence electrons. The van der Waals surface area contributed by atoms with E-state index in [4.69, 9.17) is 5.11 Å². The molecule has 0 atom stereocenters. The van der Waals surface area contributed by atoms with Crippen molar-refractivity contribution in [1.29, 1.82) is 0 Å². The van der Waals surface area contributed by atoms with Crippen LogP contribution in [-0.4, -0.2) is 44.6 Å². The Balaban J connectivity index is 3.53. The van der Waals surface area contributed by atoms with Gasteiger partial charge in [-0.05, 0) is 12.8 Å². The van der Waals surface area contributed by atoms with Crippen LogP contribution in [0.4, 0.5) is 0 Å². The SMILES string of the molecule is CS(=O)(=O)CC(=O)NCCCCO. The van der Waals surface area contributed by atoms with Crippen LogP contribution in [0.2, 0.25) is 0 Å². The van der Waals surface area contributed by atoms with Gasteiger partial charge in [-0.3, -0.25) is 4.79 Å². The summed E-state index contributed by atoms with van der Waals surface area (Å²) in [6.07, 6.45) is 2.28. The van der Waals surface area contributed by atoms with Crippen LogP contribution in [0.1, 0.15) is 12.8 Å². The van der Waals surface area contributed by atoms with E-state index in [-0.39, 0.29) is 6.61 Å². The molecule has 0 fully saturated rings. The second-order valence-electron chi connectivity index (χ2n) is 2.85. The topological polar surface area (TPSA) is 83.5 Å². The molecule has 2 N–H and O–H groups in total. The van der Waals surface area contributed by atoms with Gasteiger partial charge in [-0.2, -0.15) is 0 Å². The van der Waals surface area contributed by atoms with Crippen molar-refractivity contribution in [1.82, 2.24) is 5.32 Å². The van der Waals surface area contributed by atoms with Crippen molar-refractivity contribution < 1.29 is 18.3 Å². The van der Waals surface area contributed by atoms with Gasteiger partial charge in [0.05, 0.1) is 0 Å². The Morgan fingerprint density at radius 2 is 2.00 bits per heavy atom. The highest BCUT2D eigenvalue weighted by molar-refractivity contribution is 7.91. The maximum absolute atomic E-state index is 10.9. The van der Waals surface area contributed by atoms with Crippen molar-refractivity contribution in [3.8, 4) is 0 Å². The van der Waals surface area contributed by atoms with Crippen LogP contribution < -0.4 is 5.32 Å². The van der Waals surface area contributed by atoms with Crippen LogP contribution in [0.15, 0.2) is 0 Å². The van der Waals surface area contributed by atoms with Gasteiger partial charge in [-0.1, -0.05) is 0 Å². The van der Waals surface area contributed by atoms with Crippen LogP contribution >= 0.6 is 0 Å². The van der Waals surface area contributed by atoms with E-state index in [0.717, 1.165) is 6.26 Å². The first kappa shape index (κ1) is 12.4. The fourth-order valence-corrected chi connectivity index (χ4v) is 1.33. The normalized spacial score (nSPS) is 11.2. The number of unbranched alkanes of at least 4 members (excludes halogenated alkanes) is 1. The van der Waals surface area contributed by atoms with Crippen LogP contribution in [0.5, 0.6) is 0 Å². The van der Waals surface area contributed by atoms with Crippen LogP contribution in [-0.2, 0) is 14.6 Å². The molecule has 0 aliphatic rings. The molecule has 0 aliphatic carbocycles. The number of aliphatic hydroxyl groups excluding tert-OH is 1. The van der Waals surface area contributed by atoms with Crippen LogP contribution in [0, 0.1) is 0 Å². The van der Waals surface area contributed by atoms with E-state index >= 15 is 0 Å². The Morgan fingerprint density at radius 1 is 1.38 bits per heavy atom. The third kappa shape index (κ3) is 9.29. The Bertz CT molecular complexity index is 247. The van der Waals surface area contributed by atoms with Crippen molar-refractivity contribution in [3.63, 3.8) is 0 Å². The van der Waals surface area contributed by atoms with Gasteiger partial charge < -0.3 is 10.4 Å². The number of sulfone groups is 1. The minimum atomic E-state index is -3.23. The third-order valence-corrected chi connectivity index (χ3v) is 2.09. The molecule has 0 spiro atoms. The number of amides is 1. The molecule has 1 amide bonds. The summed E-state index contributed by atoms with van der Waals surface area (Å²) in [7, 11) is -3.23. The lowest BCUT2D eigenvalue weighted by molar-refractivity contribution is -0.118. The van der Waals surface area contributed by atoms with Gasteiger partial charge >= 0.3 is 0 Å². The van der Waals surface area contributed by atoms with E-state index in [0.29, 0.717) is 19.4 Å². The van der Waals surface area contributed by atoms with E-state index in [9.17, 15) is 13.2 Å². The summed E-state index contributed by atoms with van der Waals surface area (Å²) >= 11 is 0. The van der Waals surface area contributed by atoms with Gasteiger partial charge in [0.1, 0.15) is 5.75 Å². The minimum absolute atomic E-state index is 0.0853. The summed E-state index contributed by atoms with van der Waals surface area (Å²) in [5, 5.41) is 10.9. The molecule has 0 saturated carbocycles. The molecule has 0 radical (unpaired) electrons. The number of hydrogen-bond donors (Lipinski definition) is 2. The first-order chi connectivity index (χ1) is 5.95. The molecule has 0 heterocycles. The summed E-state index contributed by atoms with van der Waals surface area (Å²) in [5.41, 5.74) is 0. The number of carbonyl (C=O) groups excluding carboxylic acids is 1. The zero-order chi connectivity index (χ0) is 10.3. The standard InChI is InChI=1S/C7H15NO4S/c1-13(11,12)6-7(10)8-4-2-3-5-9/h9H,2-6H2,1H3,(H,8,10). The summed E-state index contributed by atoms with van der Waals surface area (Å²) in [6.45, 7) is 0.497. The molecule has 0 aromatic rings. The molecule has 0 bridgehead atoms. The van der Waals surface area contributed by atoms with E-state index in [2.05, 4.69) is 5.32 Å². The third-order valence-electron chi connectivity index (χ3n) is 1.30. The van der Waals surface area contributed by atoms with Gasteiger partial charge in [0, 0.05) is 19.4 Å². The molecule has 0 rings (SSSR count). The van der Waals surface area contributed by atoms with Crippen LogP contribution in [0.3, 0.4) is 0 Å². The predicted octanol–water partition coefficient (Wildman–Crippen LogP) is -1.08. The second-order valence-corrected chi connectivity index (χ2v) is 4.99. The first-order valence-electron chi connectivity index (χ1n) is 4.01. The van der Waals surface area contributed by atoms with E-state index in [1.807, 2.05) is 0 Å². The predicted molar refractivity (Wildman–Crippen MR) is 49.0 cm³/mol. The Morgan fingerprint density at radius 3 is 2.46 bits per heavy atom. The van der Waals surface area contributed by atoms with Crippen molar-refractivity contribution in [2.75, 3.05) is 25.2 Å². The largest absolute Gasteiger partial charge is 0.396 e. The fourth-order valence-electron chi connectivity index (χ4n) is 0.754. The minimum Gasteiger partial charge on any atom is -0.396 e. The number of nitrogens with one attached hydrogen (secondary N) is 1. The highest BCUT2D eigenvalue weighted by atomic mass is 32.2. The molecule has 0 aromatic heterocycles. The number of rotatable bonds is 6. The highest BCUT2D eigenvalue weighted by Crippen LogP contribution is 1.86. The van der Waals surface area contributed by atoms with Gasteiger partial charge in [0.15, 0.2) is 9.84 Å². The molecule has 5 nitrogen and oxygen atoms in total. The molecule has 0 aliphatic heterocycles. The summed E-state index contributed by atoms with van der Waals surface area (Å²) < 4.78 is 21.3.